The first-order valence-corrected chi connectivity index (χ1v) is 13.5. The molecule has 37 heavy (non-hydrogen) atoms. The molecule has 2 aliphatic heterocycles. The SMILES string of the molecule is CCN1CCN(c2nc3c(C)cccn3c(=O)c2C=C2SC(=S)N(Cc3ccc(OC)cc3)C2=O)CC1. The number of methoxy groups -OCH3 is 1. The van der Waals surface area contributed by atoms with Crippen LogP contribution in [-0.2, 0) is 11.3 Å². The monoisotopic (exact) mass is 535 g/mol. The number of aryl methyl sites for hydroxylation is 1. The zero-order valence-electron chi connectivity index (χ0n) is 21.1. The van der Waals surface area contributed by atoms with E-state index in [9.17, 15) is 9.59 Å². The lowest BCUT2D eigenvalue weighted by atomic mass is 10.2. The van der Waals surface area contributed by atoms with Crippen LogP contribution in [0.3, 0.4) is 0 Å². The Morgan fingerprint density at radius 2 is 1.84 bits per heavy atom. The molecule has 1 amide bonds. The molecule has 8 nitrogen and oxygen atoms in total. The Balaban J connectivity index is 1.52. The molecule has 5 rings (SSSR count). The molecular formula is C27H29N5O3S2. The van der Waals surface area contributed by atoms with Gasteiger partial charge in [-0.25, -0.2) is 4.98 Å². The average molecular weight is 536 g/mol. The van der Waals surface area contributed by atoms with Gasteiger partial charge in [0, 0.05) is 32.4 Å². The molecular weight excluding hydrogens is 506 g/mol. The molecule has 0 radical (unpaired) electrons. The Morgan fingerprint density at radius 1 is 1.11 bits per heavy atom. The van der Waals surface area contributed by atoms with Crippen LogP contribution in [0.2, 0.25) is 0 Å². The van der Waals surface area contributed by atoms with Crippen molar-refractivity contribution in [1.82, 2.24) is 19.2 Å². The molecule has 192 valence electrons. The van der Waals surface area contributed by atoms with Gasteiger partial charge in [-0.2, -0.15) is 0 Å². The van der Waals surface area contributed by atoms with Gasteiger partial charge in [0.2, 0.25) is 0 Å². The number of amides is 1. The van der Waals surface area contributed by atoms with Crippen molar-refractivity contribution in [3.8, 4) is 5.75 Å². The average Bonchev–Trinajstić information content (AvgIpc) is 3.18. The molecule has 0 saturated carbocycles. The number of rotatable bonds is 6. The summed E-state index contributed by atoms with van der Waals surface area (Å²) >= 11 is 6.78. The Hall–Kier alpha value is -3.21. The fraction of sp³-hybridized carbons (Fsp3) is 0.333. The zero-order valence-corrected chi connectivity index (χ0v) is 22.8. The number of aromatic nitrogens is 2. The summed E-state index contributed by atoms with van der Waals surface area (Å²) in [4.78, 5) is 38.6. The highest BCUT2D eigenvalue weighted by Crippen LogP contribution is 2.35. The predicted molar refractivity (Wildman–Crippen MR) is 152 cm³/mol. The van der Waals surface area contributed by atoms with Crippen LogP contribution in [-0.4, -0.2) is 69.2 Å². The Bertz CT molecular complexity index is 1440. The Morgan fingerprint density at radius 3 is 2.51 bits per heavy atom. The highest BCUT2D eigenvalue weighted by Gasteiger charge is 2.33. The van der Waals surface area contributed by atoms with Crippen molar-refractivity contribution < 1.29 is 9.53 Å². The number of carbonyl (C=O) groups is 1. The van der Waals surface area contributed by atoms with Gasteiger partial charge in [-0.15, -0.1) is 0 Å². The van der Waals surface area contributed by atoms with Gasteiger partial charge in [0.25, 0.3) is 11.5 Å². The number of piperazine rings is 1. The Labute approximate surface area is 225 Å². The molecule has 0 atom stereocenters. The second kappa shape index (κ2) is 10.6. The molecule has 3 aromatic rings. The summed E-state index contributed by atoms with van der Waals surface area (Å²) in [7, 11) is 1.62. The van der Waals surface area contributed by atoms with Crippen LogP contribution in [0.1, 0.15) is 23.6 Å². The number of ether oxygens (including phenoxy) is 1. The predicted octanol–water partition coefficient (Wildman–Crippen LogP) is 3.55. The first-order chi connectivity index (χ1) is 17.9. The molecule has 0 N–H and O–H groups in total. The Kier molecular flexibility index (Phi) is 7.32. The number of anilines is 1. The second-order valence-corrected chi connectivity index (χ2v) is 10.8. The summed E-state index contributed by atoms with van der Waals surface area (Å²) in [6, 6.07) is 11.3. The molecule has 2 aromatic heterocycles. The number of hydrogen-bond donors (Lipinski definition) is 0. The van der Waals surface area contributed by atoms with E-state index in [2.05, 4.69) is 16.7 Å². The van der Waals surface area contributed by atoms with Gasteiger partial charge in [0.15, 0.2) is 0 Å². The number of likely N-dealkylation sites (N-methyl/N-ethyl adjacent to an activating group) is 1. The first-order valence-electron chi connectivity index (χ1n) is 12.3. The van der Waals surface area contributed by atoms with E-state index >= 15 is 0 Å². The normalized spacial score (nSPS) is 17.9. The third-order valence-corrected chi connectivity index (χ3v) is 8.21. The molecule has 2 saturated heterocycles. The lowest BCUT2D eigenvalue weighted by molar-refractivity contribution is -0.122. The van der Waals surface area contributed by atoms with Crippen molar-refractivity contribution in [3.63, 3.8) is 0 Å². The van der Waals surface area contributed by atoms with Crippen LogP contribution in [0.4, 0.5) is 5.82 Å². The first kappa shape index (κ1) is 25.4. The maximum Gasteiger partial charge on any atom is 0.267 e. The molecule has 2 fully saturated rings. The lowest BCUT2D eigenvalue weighted by Gasteiger charge is -2.35. The molecule has 1 aromatic carbocycles. The number of benzene rings is 1. The minimum atomic E-state index is -0.207. The van der Waals surface area contributed by atoms with Gasteiger partial charge in [-0.05, 0) is 48.9 Å². The molecule has 2 aliphatic rings. The summed E-state index contributed by atoms with van der Waals surface area (Å²) in [6.45, 7) is 8.77. The van der Waals surface area contributed by atoms with E-state index < -0.39 is 0 Å². The van der Waals surface area contributed by atoms with Crippen molar-refractivity contribution >= 4 is 51.7 Å². The molecule has 0 unspecified atom stereocenters. The van der Waals surface area contributed by atoms with Gasteiger partial charge < -0.3 is 14.5 Å². The van der Waals surface area contributed by atoms with Crippen LogP contribution in [0, 0.1) is 6.92 Å². The minimum Gasteiger partial charge on any atom is -0.497 e. The fourth-order valence-electron chi connectivity index (χ4n) is 4.62. The molecule has 0 aliphatic carbocycles. The van der Waals surface area contributed by atoms with Crippen molar-refractivity contribution in [2.24, 2.45) is 0 Å². The number of pyridine rings is 1. The van der Waals surface area contributed by atoms with Gasteiger partial charge in [0.05, 0.1) is 24.1 Å². The van der Waals surface area contributed by atoms with Crippen molar-refractivity contribution in [2.75, 3.05) is 44.7 Å². The number of hydrogen-bond acceptors (Lipinski definition) is 8. The summed E-state index contributed by atoms with van der Waals surface area (Å²) in [5, 5.41) is 0. The standard InChI is InChI=1S/C27H29N5O3S2/c1-4-29-12-14-30(15-13-29)24-21(25(33)31-11-5-6-18(2)23(31)28-24)16-22-26(34)32(27(36)37-22)17-19-7-9-20(35-3)10-8-19/h5-11,16H,4,12-15,17H2,1-3H3. The number of carbonyl (C=O) groups excluding carboxylic acids is 1. The van der Waals surface area contributed by atoms with Gasteiger partial charge in [-0.3, -0.25) is 18.9 Å². The van der Waals surface area contributed by atoms with E-state index in [1.54, 1.807) is 28.7 Å². The third kappa shape index (κ3) is 5.01. The van der Waals surface area contributed by atoms with Crippen LogP contribution in [0.15, 0.2) is 52.3 Å². The van der Waals surface area contributed by atoms with Gasteiger partial charge in [0.1, 0.15) is 21.5 Å². The zero-order chi connectivity index (χ0) is 26.1. The summed E-state index contributed by atoms with van der Waals surface area (Å²) in [6.07, 6.45) is 3.40. The van der Waals surface area contributed by atoms with Crippen molar-refractivity contribution in [2.45, 2.75) is 20.4 Å². The largest absolute Gasteiger partial charge is 0.497 e. The highest BCUT2D eigenvalue weighted by atomic mass is 32.2. The third-order valence-electron chi connectivity index (χ3n) is 6.83. The molecule has 0 spiro atoms. The van der Waals surface area contributed by atoms with E-state index in [1.807, 2.05) is 43.3 Å². The summed E-state index contributed by atoms with van der Waals surface area (Å²) < 4.78 is 7.25. The smallest absolute Gasteiger partial charge is 0.267 e. The van der Waals surface area contributed by atoms with Crippen LogP contribution >= 0.6 is 24.0 Å². The van der Waals surface area contributed by atoms with Gasteiger partial charge >= 0.3 is 0 Å². The van der Waals surface area contributed by atoms with Crippen LogP contribution in [0.5, 0.6) is 5.75 Å². The van der Waals surface area contributed by atoms with Gasteiger partial charge in [-0.1, -0.05) is 49.1 Å². The number of thiocarbonyl (C=S) groups is 1. The molecule has 0 bridgehead atoms. The van der Waals surface area contributed by atoms with E-state index in [0.717, 1.165) is 49.6 Å². The minimum absolute atomic E-state index is 0.193. The molecule has 4 heterocycles. The van der Waals surface area contributed by atoms with E-state index in [1.165, 1.54) is 11.8 Å². The highest BCUT2D eigenvalue weighted by molar-refractivity contribution is 8.26. The number of fused-ring (bicyclic) bond motifs is 1. The van der Waals surface area contributed by atoms with Crippen LogP contribution < -0.4 is 15.2 Å². The fourth-order valence-corrected chi connectivity index (χ4v) is 5.86. The summed E-state index contributed by atoms with van der Waals surface area (Å²) in [5.41, 5.74) is 2.71. The summed E-state index contributed by atoms with van der Waals surface area (Å²) in [5.74, 6) is 1.16. The van der Waals surface area contributed by atoms with E-state index in [-0.39, 0.29) is 11.5 Å². The van der Waals surface area contributed by atoms with Crippen LogP contribution in [0.25, 0.3) is 11.7 Å². The maximum atomic E-state index is 13.7. The number of thioether (sulfide) groups is 1. The second-order valence-electron chi connectivity index (χ2n) is 9.08. The number of nitrogens with zero attached hydrogens (tertiary/aromatic N) is 5. The lowest BCUT2D eigenvalue weighted by Crippen LogP contribution is -2.47. The quantitative estimate of drug-likeness (QED) is 0.351. The topological polar surface area (TPSA) is 70.4 Å². The maximum absolute atomic E-state index is 13.7. The van der Waals surface area contributed by atoms with Crippen molar-refractivity contribution in [1.29, 1.82) is 0 Å². The molecule has 10 heteroatoms. The van der Waals surface area contributed by atoms with Crippen molar-refractivity contribution in [3.05, 3.63) is 74.5 Å². The van der Waals surface area contributed by atoms with E-state index in [4.69, 9.17) is 21.9 Å². The van der Waals surface area contributed by atoms with E-state index in [0.29, 0.717) is 32.8 Å².